The van der Waals surface area contributed by atoms with Crippen LogP contribution in [0, 0.1) is 0 Å². The third-order valence-electron chi connectivity index (χ3n) is 2.71. The molecule has 0 aromatic heterocycles. The second-order valence-corrected chi connectivity index (χ2v) is 5.68. The van der Waals surface area contributed by atoms with Crippen LogP contribution < -0.4 is 10.6 Å². The van der Waals surface area contributed by atoms with Gasteiger partial charge in [-0.05, 0) is 34.9 Å². The molecule has 2 rings (SSSR count). The van der Waals surface area contributed by atoms with Gasteiger partial charge in [0.25, 0.3) is 0 Å². The van der Waals surface area contributed by atoms with Gasteiger partial charge in [-0.15, -0.1) is 0 Å². The summed E-state index contributed by atoms with van der Waals surface area (Å²) in [4.78, 5) is 0. The lowest BCUT2D eigenvalue weighted by molar-refractivity contribution is -0.138. The Labute approximate surface area is 124 Å². The van der Waals surface area contributed by atoms with E-state index in [0.29, 0.717) is 10.6 Å². The number of rotatable bonds is 2. The highest BCUT2D eigenvalue weighted by molar-refractivity contribution is 7.55. The minimum atomic E-state index is -4.39. The van der Waals surface area contributed by atoms with Gasteiger partial charge in [-0.3, -0.25) is 0 Å². The molecule has 2 N–H and O–H groups in total. The summed E-state index contributed by atoms with van der Waals surface area (Å²) >= 11 is 0. The highest BCUT2D eigenvalue weighted by atomic mass is 31.1. The first-order chi connectivity index (χ1) is 9.66. The molecule has 0 spiro atoms. The van der Waals surface area contributed by atoms with Crippen LogP contribution in [0.4, 0.5) is 26.3 Å². The van der Waals surface area contributed by atoms with Crippen LogP contribution in [0.25, 0.3) is 0 Å². The van der Waals surface area contributed by atoms with E-state index in [1.165, 1.54) is 24.3 Å². The normalized spacial score (nSPS) is 11.9. The molecule has 120 valence electrons. The van der Waals surface area contributed by atoms with Crippen molar-refractivity contribution in [1.82, 2.24) is 0 Å². The van der Waals surface area contributed by atoms with E-state index < -0.39 is 23.5 Å². The second kappa shape index (κ2) is 6.67. The van der Waals surface area contributed by atoms with Gasteiger partial charge in [-0.25, -0.2) is 0 Å². The Morgan fingerprint density at radius 2 is 0.818 bits per heavy atom. The Morgan fingerprint density at radius 1 is 0.545 bits per heavy atom. The van der Waals surface area contributed by atoms with Crippen molar-refractivity contribution >= 4 is 19.2 Å². The van der Waals surface area contributed by atoms with Crippen molar-refractivity contribution in [3.8, 4) is 0 Å². The van der Waals surface area contributed by atoms with Crippen molar-refractivity contribution in [1.29, 1.82) is 0 Å². The summed E-state index contributed by atoms with van der Waals surface area (Å²) in [6.45, 7) is 0. The number of hydrogen-bond acceptors (Lipinski definition) is 0. The van der Waals surface area contributed by atoms with Crippen molar-refractivity contribution in [3.63, 3.8) is 0 Å². The third kappa shape index (κ3) is 4.71. The molecule has 0 heterocycles. The van der Waals surface area contributed by atoms with Crippen LogP contribution >= 0.6 is 8.58 Å². The zero-order chi connectivity index (χ0) is 15.7. The maximum Gasteiger partial charge on any atom is 0.416 e. The molecule has 22 heavy (non-hydrogen) atoms. The average Bonchev–Trinajstić information content (AvgIpc) is 2.38. The Morgan fingerprint density at radius 3 is 1.05 bits per heavy atom. The largest absolute Gasteiger partial charge is 0.416 e. The van der Waals surface area contributed by atoms with Gasteiger partial charge in [0.15, 0.2) is 0 Å². The van der Waals surface area contributed by atoms with Gasteiger partial charge in [0.05, 0.1) is 11.1 Å². The summed E-state index contributed by atoms with van der Waals surface area (Å²) in [5, 5.41) is 1.26. The van der Waals surface area contributed by atoms with Crippen LogP contribution in [-0.4, -0.2) is 5.48 Å². The number of alkyl halides is 6. The summed E-state index contributed by atoms with van der Waals surface area (Å²) in [7, 11) is 0.00159. The molecule has 0 saturated carbocycles. The fraction of sp³-hybridized carbons (Fsp3) is 0.143. The molecule has 0 aliphatic rings. The van der Waals surface area contributed by atoms with Gasteiger partial charge < -0.3 is 5.48 Å². The van der Waals surface area contributed by atoms with Gasteiger partial charge in [-0.2, -0.15) is 26.3 Å². The standard InChI is InChI=1S/C14H9F6P.H2O/c15-13(16,17)9-1-5-11(6-2-9)21-12-7-3-10(4-8-12)14(18,19)20;/h1-8,21H;1H2. The first-order valence-corrected chi connectivity index (χ1v) is 6.78. The van der Waals surface area contributed by atoms with Gasteiger partial charge in [0, 0.05) is 0 Å². The van der Waals surface area contributed by atoms with Crippen LogP contribution in [0.1, 0.15) is 11.1 Å². The maximum absolute atomic E-state index is 12.4. The molecular formula is C14H11F6OP. The Kier molecular flexibility index (Phi) is 5.59. The molecule has 0 amide bonds. The Bertz CT molecular complexity index is 546. The molecule has 2 aromatic carbocycles. The molecule has 8 heteroatoms. The van der Waals surface area contributed by atoms with Crippen LogP contribution in [0.5, 0.6) is 0 Å². The highest BCUT2D eigenvalue weighted by Crippen LogP contribution is 2.30. The van der Waals surface area contributed by atoms with Gasteiger partial charge in [0.1, 0.15) is 0 Å². The SMILES string of the molecule is FC(F)(F)c1ccc(Pc2ccc(C(F)(F)F)cc2)cc1.O. The summed E-state index contributed by atoms with van der Waals surface area (Å²) in [5.74, 6) is 0. The van der Waals surface area contributed by atoms with E-state index in [-0.39, 0.29) is 14.1 Å². The fourth-order valence-corrected chi connectivity index (χ4v) is 2.65. The number of benzene rings is 2. The van der Waals surface area contributed by atoms with Gasteiger partial charge in [0.2, 0.25) is 0 Å². The Hall–Kier alpha value is -1.59. The second-order valence-electron chi connectivity index (χ2n) is 4.28. The highest BCUT2D eigenvalue weighted by Gasteiger charge is 2.30. The predicted octanol–water partition coefficient (Wildman–Crippen LogP) is 3.53. The average molecular weight is 340 g/mol. The molecular weight excluding hydrogens is 329 g/mol. The van der Waals surface area contributed by atoms with Crippen molar-refractivity contribution in [2.24, 2.45) is 0 Å². The summed E-state index contributed by atoms with van der Waals surface area (Å²) in [6, 6.07) is 9.19. The van der Waals surface area contributed by atoms with Crippen molar-refractivity contribution in [2.45, 2.75) is 12.4 Å². The number of halogens is 6. The van der Waals surface area contributed by atoms with Crippen molar-refractivity contribution in [3.05, 3.63) is 59.7 Å². The zero-order valence-electron chi connectivity index (χ0n) is 10.9. The monoisotopic (exact) mass is 340 g/mol. The fourth-order valence-electron chi connectivity index (χ4n) is 1.65. The topological polar surface area (TPSA) is 31.5 Å². The number of hydrogen-bond donors (Lipinski definition) is 0. The van der Waals surface area contributed by atoms with E-state index in [1.807, 2.05) is 0 Å². The molecule has 0 radical (unpaired) electrons. The van der Waals surface area contributed by atoms with E-state index in [4.69, 9.17) is 0 Å². The first-order valence-electron chi connectivity index (χ1n) is 5.78. The molecule has 0 aliphatic heterocycles. The molecule has 0 unspecified atom stereocenters. The van der Waals surface area contributed by atoms with Crippen LogP contribution in [0.3, 0.4) is 0 Å². The third-order valence-corrected chi connectivity index (χ3v) is 3.96. The molecule has 0 bridgehead atoms. The van der Waals surface area contributed by atoms with E-state index in [0.717, 1.165) is 24.3 Å². The lowest BCUT2D eigenvalue weighted by Crippen LogP contribution is -2.09. The van der Waals surface area contributed by atoms with Crippen LogP contribution in [0.2, 0.25) is 0 Å². The van der Waals surface area contributed by atoms with E-state index in [2.05, 4.69) is 0 Å². The first kappa shape index (κ1) is 18.5. The lowest BCUT2D eigenvalue weighted by atomic mass is 10.2. The van der Waals surface area contributed by atoms with Crippen LogP contribution in [0.15, 0.2) is 48.5 Å². The van der Waals surface area contributed by atoms with Gasteiger partial charge in [-0.1, -0.05) is 32.8 Å². The van der Waals surface area contributed by atoms with E-state index in [9.17, 15) is 26.3 Å². The molecule has 0 fully saturated rings. The molecule has 0 atom stereocenters. The lowest BCUT2D eigenvalue weighted by Gasteiger charge is -2.09. The molecule has 2 aromatic rings. The minimum Gasteiger partial charge on any atom is -0.412 e. The minimum absolute atomic E-state index is 0. The Balaban J connectivity index is 0.00000242. The summed E-state index contributed by atoms with van der Waals surface area (Å²) in [5.41, 5.74) is -1.49. The maximum atomic E-state index is 12.4. The summed E-state index contributed by atoms with van der Waals surface area (Å²) < 4.78 is 74.4. The van der Waals surface area contributed by atoms with Gasteiger partial charge >= 0.3 is 12.4 Å². The van der Waals surface area contributed by atoms with E-state index >= 15 is 0 Å². The van der Waals surface area contributed by atoms with Crippen molar-refractivity contribution < 1.29 is 31.8 Å². The molecule has 1 nitrogen and oxygen atoms in total. The predicted molar refractivity (Wildman–Crippen MR) is 74.1 cm³/mol. The van der Waals surface area contributed by atoms with Crippen LogP contribution in [-0.2, 0) is 12.4 Å². The smallest absolute Gasteiger partial charge is 0.412 e. The zero-order valence-corrected chi connectivity index (χ0v) is 11.9. The molecule has 0 saturated heterocycles. The summed E-state index contributed by atoms with van der Waals surface area (Å²) in [6.07, 6.45) is -8.79. The van der Waals surface area contributed by atoms with Crippen molar-refractivity contribution in [2.75, 3.05) is 0 Å². The molecule has 0 aliphatic carbocycles. The van der Waals surface area contributed by atoms with E-state index in [1.54, 1.807) is 0 Å². The quantitative estimate of drug-likeness (QED) is 0.592.